The molecule has 0 atom stereocenters. The second-order valence-corrected chi connectivity index (χ2v) is 9.03. The van der Waals surface area contributed by atoms with E-state index in [1.54, 1.807) is 0 Å². The van der Waals surface area contributed by atoms with E-state index >= 15 is 0 Å². The van der Waals surface area contributed by atoms with E-state index < -0.39 is 0 Å². The maximum absolute atomic E-state index is 13.0. The van der Waals surface area contributed by atoms with Crippen molar-refractivity contribution in [1.29, 1.82) is 0 Å². The molecular formula is C29H31ClN2O2. The number of hydrogen-bond acceptors (Lipinski definition) is 3. The number of rotatable bonds is 8. The van der Waals surface area contributed by atoms with Gasteiger partial charge in [0.25, 0.3) is 11.8 Å². The number of carbonyl (C=O) groups excluding carboxylic acids is 2. The number of halogens is 1. The first-order chi connectivity index (χ1) is 16.2. The van der Waals surface area contributed by atoms with Crippen molar-refractivity contribution in [1.82, 2.24) is 9.80 Å². The van der Waals surface area contributed by atoms with Crippen LogP contribution in [0.25, 0.3) is 16.3 Å². The molecule has 0 aromatic heterocycles. The van der Waals surface area contributed by atoms with Gasteiger partial charge in [-0.15, -0.1) is 12.4 Å². The molecule has 0 N–H and O–H groups in total. The molecule has 3 aromatic carbocycles. The number of imide groups is 1. The van der Waals surface area contributed by atoms with Crippen LogP contribution in [-0.2, 0) is 0 Å². The fourth-order valence-electron chi connectivity index (χ4n) is 5.07. The molecule has 2 heterocycles. The summed E-state index contributed by atoms with van der Waals surface area (Å²) in [5.41, 5.74) is 4.10. The molecule has 2 amide bonds. The van der Waals surface area contributed by atoms with E-state index in [0.29, 0.717) is 17.7 Å². The lowest BCUT2D eigenvalue weighted by atomic mass is 9.94. The smallest absolute Gasteiger partial charge is 0.261 e. The third kappa shape index (κ3) is 4.94. The summed E-state index contributed by atoms with van der Waals surface area (Å²) in [5, 5.41) is 1.76. The van der Waals surface area contributed by atoms with Crippen LogP contribution in [-0.4, -0.2) is 47.8 Å². The highest BCUT2D eigenvalue weighted by atomic mass is 35.5. The highest BCUT2D eigenvalue weighted by Gasteiger charge is 2.32. The maximum Gasteiger partial charge on any atom is 0.261 e. The molecule has 0 saturated carbocycles. The summed E-state index contributed by atoms with van der Waals surface area (Å²) in [5.74, 6) is -0.308. The second-order valence-electron chi connectivity index (χ2n) is 9.03. The van der Waals surface area contributed by atoms with Crippen LogP contribution in [0.1, 0.15) is 58.4 Å². The second kappa shape index (κ2) is 11.0. The van der Waals surface area contributed by atoms with E-state index in [-0.39, 0.29) is 24.2 Å². The van der Waals surface area contributed by atoms with Gasteiger partial charge in [-0.3, -0.25) is 19.4 Å². The molecule has 0 unspecified atom stereocenters. The van der Waals surface area contributed by atoms with Gasteiger partial charge in [0.2, 0.25) is 0 Å². The Labute approximate surface area is 207 Å². The van der Waals surface area contributed by atoms with Crippen molar-refractivity contribution in [2.75, 3.05) is 26.2 Å². The van der Waals surface area contributed by atoms with Gasteiger partial charge in [-0.25, -0.2) is 0 Å². The number of amides is 2. The topological polar surface area (TPSA) is 40.6 Å². The van der Waals surface area contributed by atoms with Crippen molar-refractivity contribution in [3.63, 3.8) is 0 Å². The molecule has 176 valence electrons. The molecule has 0 saturated heterocycles. The molecule has 0 radical (unpaired) electrons. The van der Waals surface area contributed by atoms with Crippen LogP contribution in [0, 0.1) is 0 Å². The molecular weight excluding hydrogens is 444 g/mol. The van der Waals surface area contributed by atoms with Crippen molar-refractivity contribution in [3.05, 3.63) is 89.5 Å². The quantitative estimate of drug-likeness (QED) is 0.288. The van der Waals surface area contributed by atoms with Gasteiger partial charge in [0.15, 0.2) is 0 Å². The number of unbranched alkanes of at least 4 members (excludes halogenated alkanes) is 3. The molecule has 3 aromatic rings. The summed E-state index contributed by atoms with van der Waals surface area (Å²) in [4.78, 5) is 29.9. The fourth-order valence-corrected chi connectivity index (χ4v) is 5.07. The van der Waals surface area contributed by atoms with E-state index in [1.165, 1.54) is 16.0 Å². The Balaban J connectivity index is 0.00000274. The summed E-state index contributed by atoms with van der Waals surface area (Å²) in [6, 6.07) is 22.0. The molecule has 34 heavy (non-hydrogen) atoms. The van der Waals surface area contributed by atoms with Crippen LogP contribution in [0.15, 0.2) is 72.8 Å². The third-order valence-electron chi connectivity index (χ3n) is 6.90. The van der Waals surface area contributed by atoms with Crippen molar-refractivity contribution < 1.29 is 9.59 Å². The third-order valence-corrected chi connectivity index (χ3v) is 6.90. The Morgan fingerprint density at radius 1 is 0.706 bits per heavy atom. The number of hydrogen-bond donors (Lipinski definition) is 0. The lowest BCUT2D eigenvalue weighted by Crippen LogP contribution is -2.40. The van der Waals surface area contributed by atoms with Crippen molar-refractivity contribution in [2.24, 2.45) is 0 Å². The highest BCUT2D eigenvalue weighted by Crippen LogP contribution is 2.30. The van der Waals surface area contributed by atoms with Gasteiger partial charge in [-0.2, -0.15) is 0 Å². The molecule has 0 fully saturated rings. The van der Waals surface area contributed by atoms with E-state index in [2.05, 4.69) is 41.3 Å². The van der Waals surface area contributed by atoms with Crippen LogP contribution < -0.4 is 0 Å². The minimum absolute atomic E-state index is 0. The maximum atomic E-state index is 13.0. The zero-order valence-electron chi connectivity index (χ0n) is 19.4. The van der Waals surface area contributed by atoms with Gasteiger partial charge in [0, 0.05) is 36.1 Å². The van der Waals surface area contributed by atoms with E-state index in [1.807, 2.05) is 36.4 Å². The Bertz CT molecular complexity index is 1150. The summed E-state index contributed by atoms with van der Waals surface area (Å²) in [6.07, 6.45) is 7.63. The average Bonchev–Trinajstić information content (AvgIpc) is 2.87. The normalized spacial score (nSPS) is 15.9. The van der Waals surface area contributed by atoms with Gasteiger partial charge in [-0.05, 0) is 54.5 Å². The molecule has 5 heteroatoms. The highest BCUT2D eigenvalue weighted by molar-refractivity contribution is 6.25. The number of nitrogens with zero attached hydrogens (tertiary/aromatic N) is 2. The Morgan fingerprint density at radius 3 is 1.97 bits per heavy atom. The standard InChI is InChI=1S/C29H30N2O2.ClH/c32-28-25-14-8-12-24-13-9-15-26(27(24)25)29(33)31(28)19-7-2-1-6-18-30-20-16-23(17-21-30)22-10-4-3-5-11-22;/h3-5,8-16H,1-2,6-7,17-21H2;1H. The summed E-state index contributed by atoms with van der Waals surface area (Å²) in [7, 11) is 0. The Hall–Kier alpha value is -2.95. The monoisotopic (exact) mass is 474 g/mol. The Kier molecular flexibility index (Phi) is 7.81. The molecule has 0 bridgehead atoms. The fraction of sp³-hybridized carbons (Fsp3) is 0.310. The van der Waals surface area contributed by atoms with E-state index in [0.717, 1.165) is 62.5 Å². The molecule has 2 aliphatic heterocycles. The summed E-state index contributed by atoms with van der Waals surface area (Å²) in [6.45, 7) is 3.74. The lowest BCUT2D eigenvalue weighted by molar-refractivity contribution is 0.0607. The van der Waals surface area contributed by atoms with Crippen LogP contribution >= 0.6 is 12.4 Å². The predicted molar refractivity (Wildman–Crippen MR) is 141 cm³/mol. The predicted octanol–water partition coefficient (Wildman–Crippen LogP) is 6.21. The molecule has 0 aliphatic carbocycles. The minimum Gasteiger partial charge on any atom is -0.299 e. The van der Waals surface area contributed by atoms with Crippen molar-refractivity contribution in [3.8, 4) is 0 Å². The van der Waals surface area contributed by atoms with E-state index in [9.17, 15) is 9.59 Å². The van der Waals surface area contributed by atoms with Crippen molar-refractivity contribution in [2.45, 2.75) is 32.1 Å². The van der Waals surface area contributed by atoms with Crippen LogP contribution in [0.5, 0.6) is 0 Å². The number of benzene rings is 3. The van der Waals surface area contributed by atoms with Gasteiger partial charge in [0.1, 0.15) is 0 Å². The first kappa shape index (κ1) is 24.2. The van der Waals surface area contributed by atoms with Gasteiger partial charge < -0.3 is 0 Å². The first-order valence-electron chi connectivity index (χ1n) is 12.1. The zero-order chi connectivity index (χ0) is 22.6. The molecule has 4 nitrogen and oxygen atoms in total. The number of carbonyl (C=O) groups is 2. The molecule has 2 aliphatic rings. The SMILES string of the molecule is Cl.O=C1c2cccc3cccc(c23)C(=O)N1CCCCCCN1CC=C(c2ccccc2)CC1. The van der Waals surface area contributed by atoms with Crippen molar-refractivity contribution >= 4 is 40.6 Å². The summed E-state index contributed by atoms with van der Waals surface area (Å²) >= 11 is 0. The van der Waals surface area contributed by atoms with Gasteiger partial charge in [-0.1, -0.05) is 73.5 Å². The minimum atomic E-state index is -0.154. The van der Waals surface area contributed by atoms with Crippen LogP contribution in [0.3, 0.4) is 0 Å². The van der Waals surface area contributed by atoms with Crippen LogP contribution in [0.4, 0.5) is 0 Å². The lowest BCUT2D eigenvalue weighted by Gasteiger charge is -2.27. The van der Waals surface area contributed by atoms with E-state index in [4.69, 9.17) is 0 Å². The molecule has 5 rings (SSSR count). The average molecular weight is 475 g/mol. The molecule has 0 spiro atoms. The summed E-state index contributed by atoms with van der Waals surface area (Å²) < 4.78 is 0. The van der Waals surface area contributed by atoms with Gasteiger partial charge in [0.05, 0.1) is 0 Å². The first-order valence-corrected chi connectivity index (χ1v) is 12.1. The van der Waals surface area contributed by atoms with Crippen LogP contribution in [0.2, 0.25) is 0 Å². The van der Waals surface area contributed by atoms with Gasteiger partial charge >= 0.3 is 0 Å². The zero-order valence-corrected chi connectivity index (χ0v) is 20.2. The largest absolute Gasteiger partial charge is 0.299 e. The Morgan fingerprint density at radius 2 is 1.35 bits per heavy atom.